The van der Waals surface area contributed by atoms with Crippen molar-refractivity contribution < 1.29 is 33.4 Å². The summed E-state index contributed by atoms with van der Waals surface area (Å²) < 4.78 is 14.3. The maximum Gasteiger partial charge on any atom is 0.247 e. The minimum Gasteiger partial charge on any atom is -0.457 e. The maximum atomic E-state index is 15.2. The Morgan fingerprint density at radius 3 is 2.14 bits per heavy atom. The number of amides is 5. The smallest absolute Gasteiger partial charge is 0.247 e. The number of likely N-dealkylation sites (tertiary alicyclic amines) is 1. The molecule has 5 atom stereocenters. The molecular formula is C57H71ClN8O7. The first-order valence-electron chi connectivity index (χ1n) is 25.4. The quantitative estimate of drug-likeness (QED) is 0.117. The van der Waals surface area contributed by atoms with Crippen molar-refractivity contribution in [1.29, 1.82) is 0 Å². The molecule has 2 fully saturated rings. The third-order valence-corrected chi connectivity index (χ3v) is 14.7. The Balaban J connectivity index is 1.22. The number of carbonyl (C=O) groups excluding carboxylic acids is 5. The highest BCUT2D eigenvalue weighted by Gasteiger charge is 2.36. The van der Waals surface area contributed by atoms with Crippen LogP contribution in [-0.4, -0.2) is 130 Å². The van der Waals surface area contributed by atoms with Crippen molar-refractivity contribution in [2.75, 3.05) is 47.4 Å². The van der Waals surface area contributed by atoms with E-state index in [0.717, 1.165) is 59.8 Å². The largest absolute Gasteiger partial charge is 0.457 e. The molecule has 0 spiro atoms. The van der Waals surface area contributed by atoms with E-state index in [1.165, 1.54) is 29.8 Å². The van der Waals surface area contributed by atoms with Gasteiger partial charge >= 0.3 is 0 Å². The monoisotopic (exact) mass is 1010 g/mol. The Hall–Kier alpha value is -6.55. The highest BCUT2D eigenvalue weighted by molar-refractivity contribution is 6.30. The van der Waals surface area contributed by atoms with Gasteiger partial charge in [0.1, 0.15) is 29.4 Å². The molecule has 73 heavy (non-hydrogen) atoms. The standard InChI is InChI=1S/C57H71ClN8O7/c1-8-40-16-19-44(51(30-40)73-48-24-20-43(21-25-48)50-34-59-52(64(50)6)36-65-26-12-13-27-65)35-66-39(3)55(69)61-49(37-72-7)57(71)63(5)47(29-42-17-22-46(58)23-18-42)32-53(67)60-33-38(2)62(4)56(70)45(31-54(66)68)28-41-14-10-9-11-15-41/h9-11,14-25,30,34,38-39,45,47,49H,8,12-13,26-29,31-33,35-37H2,1-7H3,(H,60,67)(H,61,69)/t38-,39-,45+,47-,49-/m0/s1. The molecule has 2 aliphatic rings. The number of benzene rings is 4. The first-order valence-corrected chi connectivity index (χ1v) is 25.8. The van der Waals surface area contributed by atoms with Gasteiger partial charge in [0.05, 0.1) is 37.5 Å². The maximum absolute atomic E-state index is 15.2. The van der Waals surface area contributed by atoms with E-state index in [-0.39, 0.29) is 50.8 Å². The summed E-state index contributed by atoms with van der Waals surface area (Å²) >= 11 is 6.21. The van der Waals surface area contributed by atoms with Gasteiger partial charge in [0.15, 0.2) is 0 Å². The zero-order valence-corrected chi connectivity index (χ0v) is 44.1. The number of carbonyl (C=O) groups is 5. The van der Waals surface area contributed by atoms with Crippen molar-refractivity contribution in [2.24, 2.45) is 13.0 Å². The zero-order chi connectivity index (χ0) is 52.2. The van der Waals surface area contributed by atoms with Crippen molar-refractivity contribution in [3.05, 3.63) is 136 Å². The minimum absolute atomic E-state index is 0.0594. The van der Waals surface area contributed by atoms with Crippen LogP contribution in [0.15, 0.2) is 103 Å². The Kier molecular flexibility index (Phi) is 18.9. The molecule has 16 heteroatoms. The van der Waals surface area contributed by atoms with E-state index in [0.29, 0.717) is 28.5 Å². The molecule has 5 amide bonds. The minimum atomic E-state index is -1.17. The molecule has 2 aliphatic heterocycles. The summed E-state index contributed by atoms with van der Waals surface area (Å²) in [5, 5.41) is 6.43. The summed E-state index contributed by atoms with van der Waals surface area (Å²) in [6, 6.07) is 26.9. The van der Waals surface area contributed by atoms with Crippen LogP contribution in [0.2, 0.25) is 5.02 Å². The second-order valence-electron chi connectivity index (χ2n) is 19.6. The van der Waals surface area contributed by atoms with Gasteiger partial charge in [-0.3, -0.25) is 28.9 Å². The van der Waals surface area contributed by atoms with Crippen molar-refractivity contribution in [2.45, 2.75) is 103 Å². The number of nitrogens with one attached hydrogen (secondary N) is 2. The van der Waals surface area contributed by atoms with E-state index in [2.05, 4.69) is 27.0 Å². The number of aromatic nitrogens is 2. The van der Waals surface area contributed by atoms with Crippen LogP contribution in [0.4, 0.5) is 0 Å². The molecule has 0 aliphatic carbocycles. The molecule has 15 nitrogen and oxygen atoms in total. The van der Waals surface area contributed by atoms with E-state index in [1.54, 1.807) is 38.1 Å². The number of likely N-dealkylation sites (N-methyl/N-ethyl adjacent to an activating group) is 2. The molecule has 4 aromatic carbocycles. The first kappa shape index (κ1) is 54.2. The van der Waals surface area contributed by atoms with Gasteiger partial charge in [-0.25, -0.2) is 4.98 Å². The van der Waals surface area contributed by atoms with Gasteiger partial charge in [-0.1, -0.05) is 73.1 Å². The molecule has 2 N–H and O–H groups in total. The van der Waals surface area contributed by atoms with Gasteiger partial charge in [-0.05, 0) is 118 Å². The summed E-state index contributed by atoms with van der Waals surface area (Å²) in [5.74, 6) is -0.860. The Bertz CT molecular complexity index is 2670. The number of ether oxygens (including phenoxy) is 2. The van der Waals surface area contributed by atoms with Crippen LogP contribution in [0.3, 0.4) is 0 Å². The van der Waals surface area contributed by atoms with E-state index < -0.39 is 47.8 Å². The topological polar surface area (TPSA) is 159 Å². The van der Waals surface area contributed by atoms with Crippen LogP contribution in [0.25, 0.3) is 11.3 Å². The summed E-state index contributed by atoms with van der Waals surface area (Å²) in [6.07, 6.45) is 5.32. The predicted octanol–water partition coefficient (Wildman–Crippen LogP) is 7.22. The fraction of sp³-hybridized carbons (Fsp3) is 0.439. The number of nitrogens with zero attached hydrogens (tertiary/aromatic N) is 6. The lowest BCUT2D eigenvalue weighted by molar-refractivity contribution is -0.147. The molecule has 0 unspecified atom stereocenters. The van der Waals surface area contributed by atoms with E-state index in [4.69, 9.17) is 26.1 Å². The molecule has 3 heterocycles. The van der Waals surface area contributed by atoms with Gasteiger partial charge in [0.2, 0.25) is 29.5 Å². The second kappa shape index (κ2) is 25.4. The third-order valence-electron chi connectivity index (χ3n) is 14.4. The van der Waals surface area contributed by atoms with E-state index in [9.17, 15) is 19.2 Å². The summed E-state index contributed by atoms with van der Waals surface area (Å²) in [6.45, 7) is 8.39. The zero-order valence-electron chi connectivity index (χ0n) is 43.3. The van der Waals surface area contributed by atoms with Crippen LogP contribution in [0.5, 0.6) is 11.5 Å². The molecule has 388 valence electrons. The summed E-state index contributed by atoms with van der Waals surface area (Å²) in [4.78, 5) is 84.4. The Morgan fingerprint density at radius 2 is 1.45 bits per heavy atom. The molecule has 7 rings (SSSR count). The van der Waals surface area contributed by atoms with Crippen LogP contribution in [0.1, 0.15) is 74.5 Å². The normalized spacial score (nSPS) is 21.2. The number of halogens is 1. The van der Waals surface area contributed by atoms with E-state index in [1.807, 2.05) is 105 Å². The van der Waals surface area contributed by atoms with E-state index >= 15 is 4.79 Å². The van der Waals surface area contributed by atoms with Crippen molar-refractivity contribution in [1.82, 2.24) is 39.8 Å². The number of methoxy groups -OCH3 is 1. The molecule has 0 radical (unpaired) electrons. The van der Waals surface area contributed by atoms with Gasteiger partial charge in [0, 0.05) is 75.9 Å². The van der Waals surface area contributed by atoms with Crippen LogP contribution >= 0.6 is 11.6 Å². The average Bonchev–Trinajstić information content (AvgIpc) is 4.05. The molecule has 2 saturated heterocycles. The highest BCUT2D eigenvalue weighted by Crippen LogP contribution is 2.32. The molecule has 1 aromatic heterocycles. The fourth-order valence-corrected chi connectivity index (χ4v) is 9.72. The fourth-order valence-electron chi connectivity index (χ4n) is 9.60. The van der Waals surface area contributed by atoms with Crippen LogP contribution in [-0.2, 0) is 68.1 Å². The number of imidazole rings is 1. The van der Waals surface area contributed by atoms with Gasteiger partial charge in [-0.15, -0.1) is 0 Å². The lowest BCUT2D eigenvalue weighted by atomic mass is 9.93. The second-order valence-corrected chi connectivity index (χ2v) is 20.0. The lowest BCUT2D eigenvalue weighted by Crippen LogP contribution is -2.57. The highest BCUT2D eigenvalue weighted by atomic mass is 35.5. The lowest BCUT2D eigenvalue weighted by Gasteiger charge is -2.35. The third kappa shape index (κ3) is 14.2. The molecular weight excluding hydrogens is 944 g/mol. The van der Waals surface area contributed by atoms with Gasteiger partial charge in [-0.2, -0.15) is 0 Å². The molecule has 0 saturated carbocycles. The van der Waals surface area contributed by atoms with Gasteiger partial charge in [0.25, 0.3) is 0 Å². The Morgan fingerprint density at radius 1 is 0.767 bits per heavy atom. The SMILES string of the molecule is CCc1ccc(CN2C(=O)C[C@@H](Cc3ccccc3)C(=O)N(C)[C@@H](C)CNC(=O)C[C@H](Cc3ccc(Cl)cc3)N(C)C(=O)[C@H](COC)NC(=O)[C@@H]2C)c(Oc2ccc(-c3cnc(CN4CCCC4)n3C)cc2)c1. The number of hydrogen-bond donors (Lipinski definition) is 2. The number of aryl methyl sites for hydroxylation is 1. The van der Waals surface area contributed by atoms with Gasteiger partial charge < -0.3 is 39.4 Å². The first-order chi connectivity index (χ1) is 35.1. The van der Waals surface area contributed by atoms with Crippen molar-refractivity contribution in [3.8, 4) is 22.8 Å². The van der Waals surface area contributed by atoms with Crippen molar-refractivity contribution >= 4 is 41.1 Å². The average molecular weight is 1020 g/mol. The summed E-state index contributed by atoms with van der Waals surface area (Å²) in [7, 11) is 6.76. The molecule has 0 bridgehead atoms. The van der Waals surface area contributed by atoms with Crippen molar-refractivity contribution in [3.63, 3.8) is 0 Å². The molecule has 5 aromatic rings. The predicted molar refractivity (Wildman–Crippen MR) is 283 cm³/mol. The number of hydrogen-bond acceptors (Lipinski definition) is 9. The van der Waals surface area contributed by atoms with Crippen LogP contribution < -0.4 is 15.4 Å². The Labute approximate surface area is 435 Å². The van der Waals surface area contributed by atoms with Crippen LogP contribution in [0, 0.1) is 5.92 Å². The number of rotatable bonds is 14. The summed E-state index contributed by atoms with van der Waals surface area (Å²) in [5.41, 5.74) is 5.34.